The summed E-state index contributed by atoms with van der Waals surface area (Å²) in [5.41, 5.74) is -1.01. The molecule has 1 amide bonds. The van der Waals surface area contributed by atoms with Crippen LogP contribution < -0.4 is 5.32 Å². The van der Waals surface area contributed by atoms with Crippen LogP contribution in [0.5, 0.6) is 0 Å². The molecule has 18 heavy (non-hydrogen) atoms. The fourth-order valence-corrected chi connectivity index (χ4v) is 1.80. The normalized spacial score (nSPS) is 11.3. The zero-order chi connectivity index (χ0) is 13.8. The van der Waals surface area contributed by atoms with Crippen molar-refractivity contribution in [3.63, 3.8) is 0 Å². The molecule has 0 bridgehead atoms. The number of carboxylic acid groups (broad SMARTS) is 1. The SMILES string of the molecule is CCC(CC)(CC(=O)Nc1cc(C)on1)C(=O)O. The largest absolute Gasteiger partial charge is 0.481 e. The lowest BCUT2D eigenvalue weighted by Crippen LogP contribution is -2.34. The van der Waals surface area contributed by atoms with Gasteiger partial charge < -0.3 is 14.9 Å². The van der Waals surface area contributed by atoms with Gasteiger partial charge in [-0.3, -0.25) is 9.59 Å². The zero-order valence-corrected chi connectivity index (χ0v) is 10.8. The summed E-state index contributed by atoms with van der Waals surface area (Å²) < 4.78 is 4.81. The van der Waals surface area contributed by atoms with Crippen molar-refractivity contribution in [2.45, 2.75) is 40.0 Å². The molecule has 6 nitrogen and oxygen atoms in total. The van der Waals surface area contributed by atoms with Crippen molar-refractivity contribution >= 4 is 17.7 Å². The standard InChI is InChI=1S/C12H18N2O4/c1-4-12(5-2,11(16)17)7-10(15)13-9-6-8(3)18-14-9/h6H,4-5,7H2,1-3H3,(H,16,17)(H,13,14,15). The number of amides is 1. The number of aryl methyl sites for hydroxylation is 1. The van der Waals surface area contributed by atoms with Gasteiger partial charge in [0.1, 0.15) is 5.76 Å². The lowest BCUT2D eigenvalue weighted by Gasteiger charge is -2.25. The Balaban J connectivity index is 2.70. The molecule has 1 aromatic rings. The minimum atomic E-state index is -1.01. The number of carboxylic acids is 1. The van der Waals surface area contributed by atoms with Crippen LogP contribution in [0.3, 0.4) is 0 Å². The molecule has 1 rings (SSSR count). The number of rotatable bonds is 6. The van der Waals surface area contributed by atoms with Gasteiger partial charge in [0, 0.05) is 12.5 Å². The molecule has 0 unspecified atom stereocenters. The number of anilines is 1. The van der Waals surface area contributed by atoms with Gasteiger partial charge in [0.25, 0.3) is 0 Å². The minimum absolute atomic E-state index is 0.0682. The van der Waals surface area contributed by atoms with E-state index in [-0.39, 0.29) is 12.3 Å². The van der Waals surface area contributed by atoms with Gasteiger partial charge in [-0.1, -0.05) is 19.0 Å². The number of carbonyl (C=O) groups is 2. The van der Waals surface area contributed by atoms with E-state index >= 15 is 0 Å². The van der Waals surface area contributed by atoms with E-state index in [2.05, 4.69) is 10.5 Å². The van der Waals surface area contributed by atoms with Gasteiger partial charge in [0.2, 0.25) is 5.91 Å². The minimum Gasteiger partial charge on any atom is -0.481 e. The quantitative estimate of drug-likeness (QED) is 0.811. The molecule has 0 aromatic carbocycles. The molecule has 0 spiro atoms. The molecule has 0 saturated heterocycles. The van der Waals surface area contributed by atoms with Gasteiger partial charge in [-0.25, -0.2) is 0 Å². The van der Waals surface area contributed by atoms with E-state index in [0.29, 0.717) is 24.4 Å². The predicted octanol–water partition coefficient (Wildman–Crippen LogP) is 2.20. The van der Waals surface area contributed by atoms with Crippen molar-refractivity contribution in [2.24, 2.45) is 5.41 Å². The maximum absolute atomic E-state index is 11.8. The van der Waals surface area contributed by atoms with Crippen LogP contribution in [0.25, 0.3) is 0 Å². The molecular formula is C12H18N2O4. The van der Waals surface area contributed by atoms with Crippen LogP contribution in [-0.4, -0.2) is 22.1 Å². The van der Waals surface area contributed by atoms with E-state index < -0.39 is 11.4 Å². The summed E-state index contributed by atoms with van der Waals surface area (Å²) in [6, 6.07) is 1.58. The van der Waals surface area contributed by atoms with Crippen LogP contribution >= 0.6 is 0 Å². The monoisotopic (exact) mass is 254 g/mol. The van der Waals surface area contributed by atoms with Gasteiger partial charge >= 0.3 is 5.97 Å². The molecular weight excluding hydrogens is 236 g/mol. The summed E-state index contributed by atoms with van der Waals surface area (Å²) in [5, 5.41) is 15.4. The predicted molar refractivity (Wildman–Crippen MR) is 65.1 cm³/mol. The third-order valence-corrected chi connectivity index (χ3v) is 3.20. The first-order chi connectivity index (χ1) is 8.43. The zero-order valence-electron chi connectivity index (χ0n) is 10.8. The molecule has 6 heteroatoms. The molecule has 1 aromatic heterocycles. The Morgan fingerprint density at radius 3 is 2.44 bits per heavy atom. The lowest BCUT2D eigenvalue weighted by atomic mass is 9.79. The first kappa shape index (κ1) is 14.2. The highest BCUT2D eigenvalue weighted by molar-refractivity contribution is 5.93. The summed E-state index contributed by atoms with van der Waals surface area (Å²) in [4.78, 5) is 23.1. The van der Waals surface area contributed by atoms with Gasteiger partial charge in [-0.2, -0.15) is 0 Å². The Bertz CT molecular complexity index is 435. The number of aliphatic carboxylic acids is 1. The van der Waals surface area contributed by atoms with Crippen molar-refractivity contribution in [3.05, 3.63) is 11.8 Å². The van der Waals surface area contributed by atoms with E-state index in [1.54, 1.807) is 26.8 Å². The molecule has 0 saturated carbocycles. The Hall–Kier alpha value is -1.85. The summed E-state index contributed by atoms with van der Waals surface area (Å²) in [6.45, 7) is 5.25. The Morgan fingerprint density at radius 1 is 1.44 bits per heavy atom. The molecule has 1 heterocycles. The second kappa shape index (κ2) is 5.66. The van der Waals surface area contributed by atoms with Crippen LogP contribution in [-0.2, 0) is 9.59 Å². The maximum Gasteiger partial charge on any atom is 0.310 e. The number of hydrogen-bond donors (Lipinski definition) is 2. The lowest BCUT2D eigenvalue weighted by molar-refractivity contribution is -0.151. The summed E-state index contributed by atoms with van der Waals surface area (Å²) >= 11 is 0. The van der Waals surface area contributed by atoms with Crippen molar-refractivity contribution in [1.82, 2.24) is 5.16 Å². The Kier molecular flexibility index (Phi) is 4.47. The third-order valence-electron chi connectivity index (χ3n) is 3.20. The number of aromatic nitrogens is 1. The number of carbonyl (C=O) groups excluding carboxylic acids is 1. The van der Waals surface area contributed by atoms with E-state index in [9.17, 15) is 14.7 Å². The molecule has 100 valence electrons. The first-order valence-electron chi connectivity index (χ1n) is 5.90. The summed E-state index contributed by atoms with van der Waals surface area (Å²) in [7, 11) is 0. The van der Waals surface area contributed by atoms with Gasteiger partial charge in [0.15, 0.2) is 5.82 Å². The van der Waals surface area contributed by atoms with Gasteiger partial charge in [-0.05, 0) is 19.8 Å². The van der Waals surface area contributed by atoms with E-state index in [4.69, 9.17) is 4.52 Å². The summed E-state index contributed by atoms with van der Waals surface area (Å²) in [5.74, 6) is -0.418. The number of nitrogens with one attached hydrogen (secondary N) is 1. The highest BCUT2D eigenvalue weighted by atomic mass is 16.5. The number of nitrogens with zero attached hydrogens (tertiary/aromatic N) is 1. The second-order valence-corrected chi connectivity index (χ2v) is 4.34. The molecule has 0 aliphatic carbocycles. The van der Waals surface area contributed by atoms with Crippen molar-refractivity contribution in [3.8, 4) is 0 Å². The molecule has 2 N–H and O–H groups in total. The average Bonchev–Trinajstić information content (AvgIpc) is 2.71. The molecule has 0 aliphatic heterocycles. The van der Waals surface area contributed by atoms with Crippen LogP contribution in [0.4, 0.5) is 5.82 Å². The van der Waals surface area contributed by atoms with Crippen molar-refractivity contribution in [2.75, 3.05) is 5.32 Å². The van der Waals surface area contributed by atoms with Crippen LogP contribution in [0.1, 0.15) is 38.9 Å². The van der Waals surface area contributed by atoms with E-state index in [1.165, 1.54) is 0 Å². The van der Waals surface area contributed by atoms with E-state index in [1.807, 2.05) is 0 Å². The second-order valence-electron chi connectivity index (χ2n) is 4.34. The molecule has 0 radical (unpaired) electrons. The Labute approximate surface area is 105 Å². The smallest absolute Gasteiger partial charge is 0.310 e. The third kappa shape index (κ3) is 3.09. The van der Waals surface area contributed by atoms with Gasteiger partial charge in [-0.15, -0.1) is 0 Å². The summed E-state index contributed by atoms with van der Waals surface area (Å²) in [6.07, 6.45) is 0.745. The molecule has 0 aliphatic rings. The van der Waals surface area contributed by atoms with Crippen LogP contribution in [0.2, 0.25) is 0 Å². The van der Waals surface area contributed by atoms with E-state index in [0.717, 1.165) is 0 Å². The number of hydrogen-bond acceptors (Lipinski definition) is 4. The fraction of sp³-hybridized carbons (Fsp3) is 0.583. The van der Waals surface area contributed by atoms with Crippen molar-refractivity contribution < 1.29 is 19.2 Å². The fourth-order valence-electron chi connectivity index (χ4n) is 1.80. The van der Waals surface area contributed by atoms with Crippen molar-refractivity contribution in [1.29, 1.82) is 0 Å². The van der Waals surface area contributed by atoms with Gasteiger partial charge in [0.05, 0.1) is 5.41 Å². The van der Waals surface area contributed by atoms with Crippen LogP contribution in [0.15, 0.2) is 10.6 Å². The topological polar surface area (TPSA) is 92.4 Å². The van der Waals surface area contributed by atoms with Crippen LogP contribution in [0, 0.1) is 12.3 Å². The highest BCUT2D eigenvalue weighted by Crippen LogP contribution is 2.31. The molecule has 0 fully saturated rings. The first-order valence-corrected chi connectivity index (χ1v) is 5.90. The average molecular weight is 254 g/mol. The molecule has 0 atom stereocenters. The maximum atomic E-state index is 11.8. The highest BCUT2D eigenvalue weighted by Gasteiger charge is 2.37. The Morgan fingerprint density at radius 2 is 2.06 bits per heavy atom.